The predicted octanol–water partition coefficient (Wildman–Crippen LogP) is 6.57. The van der Waals surface area contributed by atoms with E-state index in [1.165, 1.54) is 30.6 Å². The van der Waals surface area contributed by atoms with Crippen LogP contribution < -0.4 is 30.7 Å². The summed E-state index contributed by atoms with van der Waals surface area (Å²) in [6.45, 7) is 4.14. The molecule has 5 rings (SSSR count). The summed E-state index contributed by atoms with van der Waals surface area (Å²) in [4.78, 5) is 19.0. The Morgan fingerprint density at radius 2 is 1.93 bits per heavy atom. The first-order valence-corrected chi connectivity index (χ1v) is 14.2. The second-order valence-corrected chi connectivity index (χ2v) is 10.6. The highest BCUT2D eigenvalue weighted by Gasteiger charge is 2.23. The third-order valence-corrected chi connectivity index (χ3v) is 7.57. The van der Waals surface area contributed by atoms with Crippen molar-refractivity contribution in [3.05, 3.63) is 89.2 Å². The van der Waals surface area contributed by atoms with Crippen molar-refractivity contribution in [3.63, 3.8) is 0 Å². The summed E-state index contributed by atoms with van der Waals surface area (Å²) < 4.78 is 31.5. The van der Waals surface area contributed by atoms with Crippen molar-refractivity contribution >= 4 is 40.2 Å². The summed E-state index contributed by atoms with van der Waals surface area (Å²) >= 11 is 1.52. The number of anilines is 3. The molecule has 42 heavy (non-hydrogen) atoms. The van der Waals surface area contributed by atoms with E-state index >= 15 is 4.39 Å². The molecule has 2 aromatic carbocycles. The molecule has 4 aromatic rings. The lowest BCUT2D eigenvalue weighted by Crippen LogP contribution is -2.20. The van der Waals surface area contributed by atoms with Crippen LogP contribution in [0.5, 0.6) is 11.5 Å². The van der Waals surface area contributed by atoms with E-state index in [-0.39, 0.29) is 17.5 Å². The van der Waals surface area contributed by atoms with Crippen LogP contribution in [-0.4, -0.2) is 44.4 Å². The van der Waals surface area contributed by atoms with Crippen LogP contribution in [-0.2, 0) is 11.3 Å². The van der Waals surface area contributed by atoms with E-state index in [2.05, 4.69) is 26.3 Å². The predicted molar refractivity (Wildman–Crippen MR) is 165 cm³/mol. The molecule has 0 radical (unpaired) electrons. The van der Waals surface area contributed by atoms with Gasteiger partial charge in [0.05, 0.1) is 40.5 Å². The Morgan fingerprint density at radius 3 is 2.69 bits per heavy atom. The minimum absolute atomic E-state index is 0.0221. The maximum atomic E-state index is 15.1. The van der Waals surface area contributed by atoms with E-state index in [4.69, 9.17) is 14.2 Å². The topological polar surface area (TPSA) is 106 Å². The highest BCUT2D eigenvalue weighted by atomic mass is 32.1. The number of fused-ring (bicyclic) bond motifs is 1. The molecule has 2 amide bonds. The fourth-order valence-corrected chi connectivity index (χ4v) is 5.43. The molecule has 3 heterocycles. The van der Waals surface area contributed by atoms with Gasteiger partial charge in [0.25, 0.3) is 0 Å². The fraction of sp³-hybridized carbons (Fsp3) is 0.226. The molecule has 9 nitrogen and oxygen atoms in total. The van der Waals surface area contributed by atoms with Crippen molar-refractivity contribution in [2.45, 2.75) is 19.5 Å². The van der Waals surface area contributed by atoms with Gasteiger partial charge < -0.3 is 35.5 Å². The molecule has 0 saturated heterocycles. The van der Waals surface area contributed by atoms with Gasteiger partial charge in [-0.2, -0.15) is 0 Å². The molecule has 1 atom stereocenters. The van der Waals surface area contributed by atoms with Gasteiger partial charge in [0.1, 0.15) is 11.5 Å². The Balaban J connectivity index is 1.26. The van der Waals surface area contributed by atoms with Crippen molar-refractivity contribution in [1.29, 1.82) is 0 Å². The lowest BCUT2D eigenvalue weighted by Gasteiger charge is -2.21. The summed E-state index contributed by atoms with van der Waals surface area (Å²) in [6.07, 6.45) is 3.77. The Hall–Kier alpha value is -4.45. The second-order valence-electron chi connectivity index (χ2n) is 9.57. The average Bonchev–Trinajstić information content (AvgIpc) is 3.41. The molecule has 0 aliphatic carbocycles. The first-order chi connectivity index (χ1) is 20.4. The number of carbonyl (C=O) groups excluding carboxylic acids is 1. The van der Waals surface area contributed by atoms with Crippen LogP contribution in [0.3, 0.4) is 0 Å². The van der Waals surface area contributed by atoms with Crippen LogP contribution in [0.25, 0.3) is 16.3 Å². The van der Waals surface area contributed by atoms with E-state index < -0.39 is 11.8 Å². The van der Waals surface area contributed by atoms with Crippen molar-refractivity contribution in [2.75, 3.05) is 43.3 Å². The van der Waals surface area contributed by atoms with Gasteiger partial charge in [0.15, 0.2) is 11.6 Å². The summed E-state index contributed by atoms with van der Waals surface area (Å²) in [6, 6.07) is 16.9. The van der Waals surface area contributed by atoms with Crippen LogP contribution in [0.1, 0.15) is 17.4 Å². The smallest absolute Gasteiger partial charge is 0.323 e. The van der Waals surface area contributed by atoms with Gasteiger partial charge in [-0.15, -0.1) is 11.3 Å². The molecule has 1 aliphatic heterocycles. The van der Waals surface area contributed by atoms with Crippen LogP contribution in [0.4, 0.5) is 26.2 Å². The summed E-state index contributed by atoms with van der Waals surface area (Å²) in [5.41, 5.74) is 3.60. The Morgan fingerprint density at radius 1 is 1.07 bits per heavy atom. The van der Waals surface area contributed by atoms with E-state index in [0.717, 1.165) is 33.2 Å². The maximum absolute atomic E-state index is 15.1. The van der Waals surface area contributed by atoms with E-state index in [1.807, 2.05) is 37.4 Å². The molecule has 0 saturated carbocycles. The van der Waals surface area contributed by atoms with Crippen molar-refractivity contribution in [3.8, 4) is 22.1 Å². The molecule has 11 heteroatoms. The summed E-state index contributed by atoms with van der Waals surface area (Å²) in [7, 11) is 3.20. The van der Waals surface area contributed by atoms with Gasteiger partial charge >= 0.3 is 6.03 Å². The molecule has 2 aromatic heterocycles. The Bertz CT molecular complexity index is 1570. The number of pyridine rings is 1. The number of para-hydroxylation sites is 2. The number of ether oxygens (including phenoxy) is 3. The molecule has 0 bridgehead atoms. The molecule has 1 unspecified atom stereocenters. The summed E-state index contributed by atoms with van der Waals surface area (Å²) in [5, 5.41) is 12.1. The molecular formula is C31H32FN5O4S. The quantitative estimate of drug-likeness (QED) is 0.147. The van der Waals surface area contributed by atoms with Gasteiger partial charge in [-0.05, 0) is 55.0 Å². The lowest BCUT2D eigenvalue weighted by atomic mass is 10.1. The van der Waals surface area contributed by atoms with Crippen molar-refractivity contribution in [2.24, 2.45) is 0 Å². The number of amides is 2. The molecule has 4 N–H and O–H groups in total. The maximum Gasteiger partial charge on any atom is 0.323 e. The minimum Gasteiger partial charge on any atom is -0.495 e. The number of rotatable bonds is 11. The third kappa shape index (κ3) is 7.06. The number of thiophene rings is 1. The average molecular weight is 590 g/mol. The molecule has 0 spiro atoms. The first kappa shape index (κ1) is 29.1. The fourth-order valence-electron chi connectivity index (χ4n) is 4.37. The number of methoxy groups -OCH3 is 2. The lowest BCUT2D eigenvalue weighted by molar-refractivity contribution is 0.199. The zero-order chi connectivity index (χ0) is 29.5. The Kier molecular flexibility index (Phi) is 9.32. The molecule has 218 valence electrons. The highest BCUT2D eigenvalue weighted by Crippen LogP contribution is 2.42. The number of nitrogens with zero attached hydrogens (tertiary/aromatic N) is 1. The number of hydrogen-bond donors (Lipinski definition) is 4. The molecule has 0 fully saturated rings. The van der Waals surface area contributed by atoms with Crippen LogP contribution in [0.2, 0.25) is 0 Å². The number of benzene rings is 2. The van der Waals surface area contributed by atoms with E-state index in [9.17, 15) is 4.79 Å². The number of halogens is 1. The van der Waals surface area contributed by atoms with Crippen LogP contribution in [0, 0.1) is 5.82 Å². The van der Waals surface area contributed by atoms with Crippen LogP contribution in [0.15, 0.2) is 72.9 Å². The van der Waals surface area contributed by atoms with Crippen molar-refractivity contribution < 1.29 is 23.4 Å². The standard InChI is InChI=1S/C31H32FN5O4S/c1-19-14-28(30-25(35-19)16-29(42-30)24-10-8-20(18-34-24)17-33-12-13-39-2)41-26-11-9-21(15-22(26)32)36-31(38)37-23-6-4-5-7-27(23)40-3/h4-11,14-16,18-19,33,35H,12-13,17H2,1-3H3,(H2,36,37,38). The number of carbonyl (C=O) groups is 1. The molecular weight excluding hydrogens is 557 g/mol. The zero-order valence-corrected chi connectivity index (χ0v) is 24.3. The normalized spacial score (nSPS) is 13.9. The zero-order valence-electron chi connectivity index (χ0n) is 23.5. The van der Waals surface area contributed by atoms with Gasteiger partial charge in [-0.1, -0.05) is 18.2 Å². The van der Waals surface area contributed by atoms with Crippen molar-refractivity contribution in [1.82, 2.24) is 10.3 Å². The highest BCUT2D eigenvalue weighted by molar-refractivity contribution is 7.17. The largest absolute Gasteiger partial charge is 0.495 e. The number of aromatic nitrogens is 1. The van der Waals surface area contributed by atoms with E-state index in [0.29, 0.717) is 30.3 Å². The third-order valence-electron chi connectivity index (χ3n) is 6.39. The first-order valence-electron chi connectivity index (χ1n) is 13.4. The van der Waals surface area contributed by atoms with Gasteiger partial charge in [-0.25, -0.2) is 9.18 Å². The molecule has 1 aliphatic rings. The number of urea groups is 1. The van der Waals surface area contributed by atoms with Gasteiger partial charge in [0, 0.05) is 44.2 Å². The number of hydrogen-bond acceptors (Lipinski definition) is 8. The van der Waals surface area contributed by atoms with Crippen LogP contribution >= 0.6 is 11.3 Å². The Labute approximate surface area is 247 Å². The monoisotopic (exact) mass is 589 g/mol. The summed E-state index contributed by atoms with van der Waals surface area (Å²) in [5.74, 6) is 0.518. The number of nitrogens with one attached hydrogen (secondary N) is 4. The minimum atomic E-state index is -0.605. The van der Waals surface area contributed by atoms with Gasteiger partial charge in [0.2, 0.25) is 0 Å². The SMILES string of the molecule is COCCNCc1ccc(-c2cc3c(s2)C(Oc2ccc(NC(=O)Nc4ccccc4OC)cc2F)=CC(C)N3)nc1. The van der Waals surface area contributed by atoms with Gasteiger partial charge in [-0.3, -0.25) is 4.98 Å². The van der Waals surface area contributed by atoms with E-state index in [1.54, 1.807) is 37.4 Å². The second kappa shape index (κ2) is 13.5.